The standard InChI is InChI=1S/C20H18N6O/c1-26(15-5-4-13-6-8-23-17(13)9-15)18-10-19(24-12-16(18)20(21)27)25-14-3-2-7-22-11-14/h2-12,23H,1H3,(H2,21,27)(H,24,25). The predicted molar refractivity (Wildman–Crippen MR) is 107 cm³/mol. The van der Waals surface area contributed by atoms with E-state index in [0.29, 0.717) is 17.1 Å². The minimum atomic E-state index is -0.529. The van der Waals surface area contributed by atoms with Gasteiger partial charge in [0.25, 0.3) is 5.91 Å². The number of anilines is 4. The predicted octanol–water partition coefficient (Wildman–Crippen LogP) is 3.57. The maximum atomic E-state index is 11.9. The molecule has 7 nitrogen and oxygen atoms in total. The van der Waals surface area contributed by atoms with E-state index in [1.54, 1.807) is 18.5 Å². The molecule has 0 aliphatic heterocycles. The Kier molecular flexibility index (Phi) is 4.18. The number of pyridine rings is 2. The second-order valence-corrected chi connectivity index (χ2v) is 6.13. The van der Waals surface area contributed by atoms with Gasteiger partial charge in [-0.05, 0) is 35.7 Å². The van der Waals surface area contributed by atoms with Gasteiger partial charge in [-0.2, -0.15) is 0 Å². The molecule has 0 saturated heterocycles. The third kappa shape index (κ3) is 3.30. The van der Waals surface area contributed by atoms with Gasteiger partial charge in [0.05, 0.1) is 23.1 Å². The summed E-state index contributed by atoms with van der Waals surface area (Å²) in [4.78, 5) is 25.4. The second kappa shape index (κ2) is 6.80. The molecular formula is C20H18N6O. The van der Waals surface area contributed by atoms with E-state index in [1.807, 2.05) is 54.5 Å². The van der Waals surface area contributed by atoms with E-state index in [4.69, 9.17) is 5.73 Å². The van der Waals surface area contributed by atoms with E-state index in [0.717, 1.165) is 22.3 Å². The molecule has 27 heavy (non-hydrogen) atoms. The fourth-order valence-electron chi connectivity index (χ4n) is 2.95. The highest BCUT2D eigenvalue weighted by Crippen LogP contribution is 2.31. The van der Waals surface area contributed by atoms with Crippen molar-refractivity contribution in [1.29, 1.82) is 0 Å². The number of fused-ring (bicyclic) bond motifs is 1. The lowest BCUT2D eigenvalue weighted by atomic mass is 10.1. The van der Waals surface area contributed by atoms with Gasteiger partial charge in [0.15, 0.2) is 0 Å². The highest BCUT2D eigenvalue weighted by molar-refractivity contribution is 6.00. The Morgan fingerprint density at radius 1 is 1.19 bits per heavy atom. The molecule has 134 valence electrons. The number of hydrogen-bond acceptors (Lipinski definition) is 5. The number of carbonyl (C=O) groups excluding carboxylic acids is 1. The smallest absolute Gasteiger partial charge is 0.252 e. The number of carbonyl (C=O) groups is 1. The number of nitrogens with one attached hydrogen (secondary N) is 2. The molecule has 0 fully saturated rings. The van der Waals surface area contributed by atoms with Crippen LogP contribution in [-0.4, -0.2) is 27.9 Å². The Bertz CT molecular complexity index is 1110. The van der Waals surface area contributed by atoms with Crippen molar-refractivity contribution in [1.82, 2.24) is 15.0 Å². The summed E-state index contributed by atoms with van der Waals surface area (Å²) in [7, 11) is 1.89. The molecule has 1 amide bonds. The molecule has 0 aliphatic carbocycles. The minimum absolute atomic E-state index is 0.348. The molecule has 7 heteroatoms. The van der Waals surface area contributed by atoms with E-state index in [-0.39, 0.29) is 0 Å². The number of amides is 1. The first kappa shape index (κ1) is 16.6. The average Bonchev–Trinajstić information content (AvgIpc) is 3.16. The van der Waals surface area contributed by atoms with Crippen LogP contribution >= 0.6 is 0 Å². The summed E-state index contributed by atoms with van der Waals surface area (Å²) in [6.07, 6.45) is 6.78. The largest absolute Gasteiger partial charge is 0.365 e. The van der Waals surface area contributed by atoms with Crippen LogP contribution in [0.1, 0.15) is 10.4 Å². The number of H-pyrrole nitrogens is 1. The maximum Gasteiger partial charge on any atom is 0.252 e. The molecule has 0 spiro atoms. The SMILES string of the molecule is CN(c1ccc2cc[nH]c2c1)c1cc(Nc2cccnc2)ncc1C(N)=O. The van der Waals surface area contributed by atoms with Gasteiger partial charge in [0.2, 0.25) is 0 Å². The van der Waals surface area contributed by atoms with Crippen molar-refractivity contribution in [3.8, 4) is 0 Å². The number of primary amides is 1. The molecule has 0 radical (unpaired) electrons. The van der Waals surface area contributed by atoms with Crippen LogP contribution in [0.5, 0.6) is 0 Å². The van der Waals surface area contributed by atoms with Crippen LogP contribution in [0.3, 0.4) is 0 Å². The summed E-state index contributed by atoms with van der Waals surface area (Å²) in [5.74, 6) is 0.0639. The van der Waals surface area contributed by atoms with Gasteiger partial charge in [-0.1, -0.05) is 6.07 Å². The lowest BCUT2D eigenvalue weighted by Gasteiger charge is -2.22. The topological polar surface area (TPSA) is 99.9 Å². The molecule has 4 rings (SSSR count). The van der Waals surface area contributed by atoms with Crippen LogP contribution in [0.2, 0.25) is 0 Å². The summed E-state index contributed by atoms with van der Waals surface area (Å²) in [5, 5.41) is 4.30. The molecule has 0 saturated carbocycles. The zero-order valence-electron chi connectivity index (χ0n) is 14.7. The average molecular weight is 358 g/mol. The van der Waals surface area contributed by atoms with E-state index in [2.05, 4.69) is 20.3 Å². The van der Waals surface area contributed by atoms with Crippen molar-refractivity contribution in [2.24, 2.45) is 5.73 Å². The molecule has 0 bridgehead atoms. The Balaban J connectivity index is 1.74. The first-order chi connectivity index (χ1) is 13.1. The number of aromatic nitrogens is 3. The van der Waals surface area contributed by atoms with Crippen LogP contribution in [0.25, 0.3) is 10.9 Å². The molecular weight excluding hydrogens is 340 g/mol. The normalized spacial score (nSPS) is 10.7. The van der Waals surface area contributed by atoms with Crippen LogP contribution in [0.15, 0.2) is 67.3 Å². The fourth-order valence-corrected chi connectivity index (χ4v) is 2.95. The van der Waals surface area contributed by atoms with Crippen molar-refractivity contribution in [2.45, 2.75) is 0 Å². The summed E-state index contributed by atoms with van der Waals surface area (Å²) in [5.41, 5.74) is 9.32. The Labute approximate surface area is 155 Å². The Hall–Kier alpha value is -3.87. The van der Waals surface area contributed by atoms with Gasteiger partial charge in [-0.3, -0.25) is 9.78 Å². The molecule has 3 heterocycles. The van der Waals surface area contributed by atoms with Crippen LogP contribution < -0.4 is 16.0 Å². The van der Waals surface area contributed by atoms with Gasteiger partial charge in [0, 0.05) is 42.9 Å². The first-order valence-corrected chi connectivity index (χ1v) is 8.39. The molecule has 3 aromatic heterocycles. The lowest BCUT2D eigenvalue weighted by molar-refractivity contribution is 0.100. The van der Waals surface area contributed by atoms with Gasteiger partial charge >= 0.3 is 0 Å². The minimum Gasteiger partial charge on any atom is -0.365 e. The zero-order chi connectivity index (χ0) is 18.8. The number of nitrogens with two attached hydrogens (primary N) is 1. The van der Waals surface area contributed by atoms with Crippen molar-refractivity contribution >= 4 is 39.7 Å². The van der Waals surface area contributed by atoms with Gasteiger partial charge in [0.1, 0.15) is 5.82 Å². The highest BCUT2D eigenvalue weighted by atomic mass is 16.1. The third-order valence-corrected chi connectivity index (χ3v) is 4.37. The van der Waals surface area contributed by atoms with E-state index < -0.39 is 5.91 Å². The quantitative estimate of drug-likeness (QED) is 0.506. The van der Waals surface area contributed by atoms with Crippen molar-refractivity contribution in [2.75, 3.05) is 17.3 Å². The maximum absolute atomic E-state index is 11.9. The lowest BCUT2D eigenvalue weighted by Crippen LogP contribution is -2.19. The van der Waals surface area contributed by atoms with Gasteiger partial charge in [-0.15, -0.1) is 0 Å². The van der Waals surface area contributed by atoms with Gasteiger partial charge in [-0.25, -0.2) is 4.98 Å². The highest BCUT2D eigenvalue weighted by Gasteiger charge is 2.16. The molecule has 0 unspecified atom stereocenters. The third-order valence-electron chi connectivity index (χ3n) is 4.37. The van der Waals surface area contributed by atoms with Crippen molar-refractivity contribution in [3.05, 3.63) is 72.8 Å². The molecule has 4 aromatic rings. The first-order valence-electron chi connectivity index (χ1n) is 8.39. The van der Waals surface area contributed by atoms with Crippen LogP contribution in [0.4, 0.5) is 22.9 Å². The second-order valence-electron chi connectivity index (χ2n) is 6.13. The number of nitrogens with zero attached hydrogens (tertiary/aromatic N) is 3. The van der Waals surface area contributed by atoms with E-state index >= 15 is 0 Å². The summed E-state index contributed by atoms with van der Waals surface area (Å²) in [6, 6.07) is 13.6. The van der Waals surface area contributed by atoms with Crippen LogP contribution in [0, 0.1) is 0 Å². The molecule has 4 N–H and O–H groups in total. The molecule has 0 atom stereocenters. The van der Waals surface area contributed by atoms with Crippen molar-refractivity contribution < 1.29 is 4.79 Å². The summed E-state index contributed by atoms with van der Waals surface area (Å²) >= 11 is 0. The number of hydrogen-bond donors (Lipinski definition) is 3. The summed E-state index contributed by atoms with van der Waals surface area (Å²) < 4.78 is 0. The molecule has 0 aliphatic rings. The van der Waals surface area contributed by atoms with E-state index in [9.17, 15) is 4.79 Å². The van der Waals surface area contributed by atoms with Gasteiger partial charge < -0.3 is 20.9 Å². The summed E-state index contributed by atoms with van der Waals surface area (Å²) in [6.45, 7) is 0. The zero-order valence-corrected chi connectivity index (χ0v) is 14.7. The number of rotatable bonds is 5. The van der Waals surface area contributed by atoms with E-state index in [1.165, 1.54) is 6.20 Å². The number of benzene rings is 1. The number of aromatic amines is 1. The van der Waals surface area contributed by atoms with Crippen LogP contribution in [-0.2, 0) is 0 Å². The Morgan fingerprint density at radius 3 is 2.85 bits per heavy atom. The fraction of sp³-hybridized carbons (Fsp3) is 0.0500. The van der Waals surface area contributed by atoms with Crippen molar-refractivity contribution in [3.63, 3.8) is 0 Å². The monoisotopic (exact) mass is 358 g/mol. The Morgan fingerprint density at radius 2 is 2.07 bits per heavy atom. The molecule has 1 aromatic carbocycles.